The fourth-order valence-electron chi connectivity index (χ4n) is 5.24. The van der Waals surface area contributed by atoms with Crippen molar-refractivity contribution in [3.05, 3.63) is 70.8 Å². The van der Waals surface area contributed by atoms with Gasteiger partial charge in [-0.3, -0.25) is 0 Å². The maximum Gasteiger partial charge on any atom is 0.235 e. The number of nitrogens with two attached hydrogens (primary N) is 1. The van der Waals surface area contributed by atoms with Crippen LogP contribution in [0.4, 0.5) is 0 Å². The monoisotopic (exact) mass is 500 g/mol. The van der Waals surface area contributed by atoms with Crippen molar-refractivity contribution in [2.24, 2.45) is 20.7 Å². The molecule has 0 radical (unpaired) electrons. The summed E-state index contributed by atoms with van der Waals surface area (Å²) >= 11 is 0. The van der Waals surface area contributed by atoms with E-state index in [1.165, 1.54) is 11.1 Å². The van der Waals surface area contributed by atoms with Gasteiger partial charge in [0.15, 0.2) is 0 Å². The van der Waals surface area contributed by atoms with E-state index in [0.29, 0.717) is 0 Å². The second-order valence-corrected chi connectivity index (χ2v) is 13.0. The topological polar surface area (TPSA) is 80.2 Å². The van der Waals surface area contributed by atoms with Gasteiger partial charge in [0.05, 0.1) is 22.6 Å². The summed E-state index contributed by atoms with van der Waals surface area (Å²) < 4.78 is 0. The smallest absolute Gasteiger partial charge is 0.235 e. The third-order valence-corrected chi connectivity index (χ3v) is 9.25. The van der Waals surface area contributed by atoms with E-state index in [0.717, 1.165) is 24.0 Å². The van der Waals surface area contributed by atoms with Gasteiger partial charge < -0.3 is 5.73 Å². The molecule has 2 aromatic carbocycles. The van der Waals surface area contributed by atoms with Crippen molar-refractivity contribution in [3.63, 3.8) is 0 Å². The van der Waals surface area contributed by atoms with Crippen LogP contribution in [-0.2, 0) is 26.7 Å². The Morgan fingerprint density at radius 1 is 0.865 bits per heavy atom. The molecule has 0 saturated heterocycles. The number of aliphatic imine (C=N–C) groups is 3. The van der Waals surface area contributed by atoms with Gasteiger partial charge in [0.1, 0.15) is 0 Å². The summed E-state index contributed by atoms with van der Waals surface area (Å²) in [5.74, 6) is 0. The summed E-state index contributed by atoms with van der Waals surface area (Å²) in [6, 6.07) is 20.0. The Hall–Kier alpha value is -2.84. The summed E-state index contributed by atoms with van der Waals surface area (Å²) in [6.07, 6.45) is 3.55. The van der Waals surface area contributed by atoms with E-state index in [9.17, 15) is 4.79 Å². The van der Waals surface area contributed by atoms with Crippen LogP contribution in [0.3, 0.4) is 0 Å². The molecule has 2 N–H and O–H groups in total. The molecule has 5 heteroatoms. The number of nitrogens with zero attached hydrogens (tertiary/aromatic N) is 3. The fraction of sp³-hybridized carbons (Fsp3) is 0.562. The molecule has 5 nitrogen and oxygen atoms in total. The highest BCUT2D eigenvalue weighted by Gasteiger charge is 2.62. The molecule has 0 heterocycles. The zero-order chi connectivity index (χ0) is 27.9. The van der Waals surface area contributed by atoms with E-state index in [-0.39, 0.29) is 21.9 Å². The first kappa shape index (κ1) is 28.7. The van der Waals surface area contributed by atoms with Crippen LogP contribution in [0.1, 0.15) is 104 Å². The van der Waals surface area contributed by atoms with E-state index in [1.54, 1.807) is 6.08 Å². The average molecular weight is 501 g/mol. The molecule has 3 rings (SSSR count). The predicted molar refractivity (Wildman–Crippen MR) is 153 cm³/mol. The van der Waals surface area contributed by atoms with Crippen molar-refractivity contribution in [1.82, 2.24) is 0 Å². The number of hydrogen-bond donors (Lipinski definition) is 1. The van der Waals surface area contributed by atoms with Crippen molar-refractivity contribution in [3.8, 4) is 0 Å². The largest absolute Gasteiger partial charge is 0.325 e. The van der Waals surface area contributed by atoms with Crippen molar-refractivity contribution < 1.29 is 4.79 Å². The summed E-state index contributed by atoms with van der Waals surface area (Å²) in [7, 11) is 0. The molecule has 198 valence electrons. The van der Waals surface area contributed by atoms with Crippen LogP contribution < -0.4 is 5.73 Å². The lowest BCUT2D eigenvalue weighted by molar-refractivity contribution is 0.270. The number of carbonyl (C=O) groups excluding carboxylic acids is 1. The standard InChI is InChI=1S/C32H44N4O/c1-11-30(8,29(6,7)33)25-16-12-14-23(18-25)27(2,3)34-21-35-32(10)20-31(32,9)26-17-13-15-24(19-26)28(4,5)36-22-37/h12-19H,11,20,33H2,1-10H3. The van der Waals surface area contributed by atoms with Crippen LogP contribution in [0, 0.1) is 0 Å². The Kier molecular flexibility index (Phi) is 7.36. The van der Waals surface area contributed by atoms with Gasteiger partial charge in [0.2, 0.25) is 6.08 Å². The van der Waals surface area contributed by atoms with E-state index < -0.39 is 11.1 Å². The third kappa shape index (κ3) is 5.27. The molecular weight excluding hydrogens is 456 g/mol. The van der Waals surface area contributed by atoms with Crippen LogP contribution in [0.25, 0.3) is 0 Å². The van der Waals surface area contributed by atoms with Gasteiger partial charge in [-0.2, -0.15) is 4.99 Å². The van der Waals surface area contributed by atoms with Crippen molar-refractivity contribution in [2.45, 2.75) is 115 Å². The first-order valence-corrected chi connectivity index (χ1v) is 13.2. The molecule has 1 aliphatic rings. The van der Waals surface area contributed by atoms with Gasteiger partial charge in [-0.15, -0.1) is 0 Å². The number of isocyanates is 1. The van der Waals surface area contributed by atoms with Gasteiger partial charge >= 0.3 is 0 Å². The molecule has 1 saturated carbocycles. The van der Waals surface area contributed by atoms with Crippen LogP contribution in [0.2, 0.25) is 0 Å². The second-order valence-electron chi connectivity index (χ2n) is 13.0. The van der Waals surface area contributed by atoms with Crippen LogP contribution in [0.5, 0.6) is 0 Å². The third-order valence-electron chi connectivity index (χ3n) is 9.25. The molecule has 37 heavy (non-hydrogen) atoms. The highest BCUT2D eigenvalue weighted by Crippen LogP contribution is 2.60. The zero-order valence-corrected chi connectivity index (χ0v) is 24.4. The molecule has 3 unspecified atom stereocenters. The van der Waals surface area contributed by atoms with Crippen LogP contribution in [-0.4, -0.2) is 23.2 Å². The van der Waals surface area contributed by atoms with Crippen molar-refractivity contribution >= 4 is 12.1 Å². The second kappa shape index (κ2) is 9.48. The molecule has 0 spiro atoms. The van der Waals surface area contributed by atoms with Crippen LogP contribution in [0.15, 0.2) is 63.5 Å². The highest BCUT2D eigenvalue weighted by atomic mass is 16.1. The summed E-state index contributed by atoms with van der Waals surface area (Å²) in [5, 5.41) is 0. The molecule has 1 aliphatic carbocycles. The summed E-state index contributed by atoms with van der Waals surface area (Å²) in [5.41, 5.74) is 9.08. The number of benzene rings is 2. The Bertz CT molecular complexity index is 1270. The Morgan fingerprint density at radius 2 is 1.41 bits per heavy atom. The highest BCUT2D eigenvalue weighted by molar-refractivity contribution is 5.51. The number of hydrogen-bond acceptors (Lipinski definition) is 5. The van der Waals surface area contributed by atoms with Crippen molar-refractivity contribution in [1.29, 1.82) is 0 Å². The lowest BCUT2D eigenvalue weighted by atomic mass is 9.66. The minimum absolute atomic E-state index is 0.133. The van der Waals surface area contributed by atoms with Gasteiger partial charge in [-0.1, -0.05) is 69.3 Å². The molecule has 0 amide bonds. The quantitative estimate of drug-likeness (QED) is 0.292. The first-order valence-electron chi connectivity index (χ1n) is 13.2. The Balaban J connectivity index is 1.89. The average Bonchev–Trinajstić information content (AvgIpc) is 3.39. The molecule has 2 aromatic rings. The Labute approximate surface area is 223 Å². The molecule has 0 bridgehead atoms. The lowest BCUT2D eigenvalue weighted by Crippen LogP contribution is -2.51. The summed E-state index contributed by atoms with van der Waals surface area (Å²) in [6.45, 7) is 21.0. The summed E-state index contributed by atoms with van der Waals surface area (Å²) in [4.78, 5) is 24.5. The zero-order valence-electron chi connectivity index (χ0n) is 24.4. The van der Waals surface area contributed by atoms with E-state index in [4.69, 9.17) is 15.7 Å². The van der Waals surface area contributed by atoms with E-state index in [2.05, 4.69) is 103 Å². The van der Waals surface area contributed by atoms with E-state index in [1.807, 2.05) is 26.0 Å². The van der Waals surface area contributed by atoms with Gasteiger partial charge in [0, 0.05) is 16.4 Å². The molecular formula is C32H44N4O. The molecule has 1 fully saturated rings. The lowest BCUT2D eigenvalue weighted by Gasteiger charge is -2.42. The predicted octanol–water partition coefficient (Wildman–Crippen LogP) is 7.19. The van der Waals surface area contributed by atoms with Gasteiger partial charge in [-0.05, 0) is 83.6 Å². The molecule has 3 atom stereocenters. The molecule has 0 aromatic heterocycles. The van der Waals surface area contributed by atoms with E-state index >= 15 is 0 Å². The molecule has 0 aliphatic heterocycles. The number of rotatable bonds is 9. The minimum atomic E-state index is -0.615. The maximum absolute atomic E-state index is 10.9. The SMILES string of the molecule is CCC(C)(c1cccc(C(C)(C)N=C=NC2(C)CC2(C)c2cccc(C(C)(C)N=C=O)c2)c1)C(C)(C)N. The van der Waals surface area contributed by atoms with Crippen LogP contribution >= 0.6 is 0 Å². The fourth-order valence-corrected chi connectivity index (χ4v) is 5.24. The Morgan fingerprint density at radius 3 is 1.97 bits per heavy atom. The normalized spacial score (nSPS) is 23.3. The van der Waals surface area contributed by atoms with Crippen molar-refractivity contribution in [2.75, 3.05) is 0 Å². The maximum atomic E-state index is 10.9. The van der Waals surface area contributed by atoms with Gasteiger partial charge in [0.25, 0.3) is 0 Å². The minimum Gasteiger partial charge on any atom is -0.325 e. The first-order chi connectivity index (χ1) is 17.0. The van der Waals surface area contributed by atoms with Gasteiger partial charge in [-0.25, -0.2) is 14.8 Å².